The highest BCUT2D eigenvalue weighted by molar-refractivity contribution is 7.10. The van der Waals surface area contributed by atoms with Crippen LogP contribution in [0.3, 0.4) is 0 Å². The highest BCUT2D eigenvalue weighted by atomic mass is 32.1. The van der Waals surface area contributed by atoms with Gasteiger partial charge in [0.15, 0.2) is 0 Å². The Morgan fingerprint density at radius 2 is 1.97 bits per heavy atom. The van der Waals surface area contributed by atoms with Crippen LogP contribution in [0.2, 0.25) is 0 Å². The average molecular weight is 418 g/mol. The fraction of sp³-hybridized carbons (Fsp3) is 0.565. The summed E-state index contributed by atoms with van der Waals surface area (Å²) >= 11 is 1.83. The standard InChI is InChI=1S/C23H28FNO3S/c24-19-3-1-18(2-4-19)22(6-10-28-23(15-22)7-9-26-16-23)5-8-25-11-21-20-13-27-12-17(20)14-29-21/h1-4,14,25H,5-13,15-16H2. The molecule has 2 saturated heterocycles. The van der Waals surface area contributed by atoms with Crippen molar-refractivity contribution in [1.82, 2.24) is 5.32 Å². The molecule has 4 heterocycles. The Hall–Kier alpha value is -1.31. The van der Waals surface area contributed by atoms with Crippen LogP contribution in [0.5, 0.6) is 0 Å². The van der Waals surface area contributed by atoms with Gasteiger partial charge in [-0.3, -0.25) is 0 Å². The Kier molecular flexibility index (Phi) is 5.47. The van der Waals surface area contributed by atoms with Gasteiger partial charge in [0.2, 0.25) is 0 Å². The monoisotopic (exact) mass is 417 g/mol. The molecule has 156 valence electrons. The summed E-state index contributed by atoms with van der Waals surface area (Å²) in [4.78, 5) is 1.39. The van der Waals surface area contributed by atoms with Crippen molar-refractivity contribution >= 4 is 11.3 Å². The Morgan fingerprint density at radius 1 is 1.07 bits per heavy atom. The zero-order chi connectivity index (χ0) is 19.7. The van der Waals surface area contributed by atoms with E-state index in [9.17, 15) is 4.39 Å². The number of fused-ring (bicyclic) bond motifs is 1. The van der Waals surface area contributed by atoms with E-state index < -0.39 is 0 Å². The molecule has 6 heteroatoms. The Morgan fingerprint density at radius 3 is 2.79 bits per heavy atom. The van der Waals surface area contributed by atoms with E-state index in [-0.39, 0.29) is 16.8 Å². The van der Waals surface area contributed by atoms with Gasteiger partial charge in [-0.2, -0.15) is 0 Å². The topological polar surface area (TPSA) is 39.7 Å². The van der Waals surface area contributed by atoms with E-state index >= 15 is 0 Å². The zero-order valence-corrected chi connectivity index (χ0v) is 17.5. The van der Waals surface area contributed by atoms with Gasteiger partial charge in [-0.25, -0.2) is 4.39 Å². The number of nitrogens with one attached hydrogen (secondary N) is 1. The molecular formula is C23H28FNO3S. The molecule has 0 radical (unpaired) electrons. The van der Waals surface area contributed by atoms with Gasteiger partial charge in [0.25, 0.3) is 0 Å². The third kappa shape index (κ3) is 3.89. The third-order valence-corrected chi connectivity index (χ3v) is 7.89. The molecule has 1 spiro atoms. The highest BCUT2D eigenvalue weighted by Crippen LogP contribution is 2.47. The summed E-state index contributed by atoms with van der Waals surface area (Å²) in [7, 11) is 0. The maximum atomic E-state index is 13.6. The number of benzene rings is 1. The van der Waals surface area contributed by atoms with Crippen LogP contribution in [0, 0.1) is 5.82 Å². The first-order valence-corrected chi connectivity index (χ1v) is 11.4. The lowest BCUT2D eigenvalue weighted by Crippen LogP contribution is -2.49. The zero-order valence-electron chi connectivity index (χ0n) is 16.7. The van der Waals surface area contributed by atoms with Gasteiger partial charge in [0.1, 0.15) is 5.82 Å². The molecule has 2 atom stereocenters. The quantitative estimate of drug-likeness (QED) is 0.712. The molecule has 3 aliphatic rings. The largest absolute Gasteiger partial charge is 0.378 e. The number of hydrogen-bond donors (Lipinski definition) is 1. The summed E-state index contributed by atoms with van der Waals surface area (Å²) in [6.07, 6.45) is 3.86. The second-order valence-corrected chi connectivity index (χ2v) is 9.59. The summed E-state index contributed by atoms with van der Waals surface area (Å²) < 4.78 is 31.0. The van der Waals surface area contributed by atoms with Crippen LogP contribution >= 0.6 is 11.3 Å². The molecule has 29 heavy (non-hydrogen) atoms. The van der Waals surface area contributed by atoms with E-state index in [1.54, 1.807) is 12.1 Å². The molecule has 4 nitrogen and oxygen atoms in total. The third-order valence-electron chi connectivity index (χ3n) is 6.81. The van der Waals surface area contributed by atoms with Gasteiger partial charge in [-0.15, -0.1) is 11.3 Å². The van der Waals surface area contributed by atoms with Crippen molar-refractivity contribution in [3.63, 3.8) is 0 Å². The molecule has 1 N–H and O–H groups in total. The first kappa shape index (κ1) is 19.6. The molecule has 0 saturated carbocycles. The van der Waals surface area contributed by atoms with Crippen LogP contribution in [0.15, 0.2) is 29.6 Å². The summed E-state index contributed by atoms with van der Waals surface area (Å²) in [5.74, 6) is -0.179. The molecule has 0 amide bonds. The Labute approximate surface area is 175 Å². The minimum atomic E-state index is -0.182. The van der Waals surface area contributed by atoms with Gasteiger partial charge >= 0.3 is 0 Å². The maximum Gasteiger partial charge on any atom is 0.123 e. The van der Waals surface area contributed by atoms with Gasteiger partial charge in [0, 0.05) is 36.5 Å². The van der Waals surface area contributed by atoms with Crippen molar-refractivity contribution in [2.24, 2.45) is 0 Å². The smallest absolute Gasteiger partial charge is 0.123 e. The molecule has 1 aromatic heterocycles. The number of halogens is 1. The number of thiophene rings is 1. The van der Waals surface area contributed by atoms with Crippen LogP contribution < -0.4 is 5.32 Å². The van der Waals surface area contributed by atoms with Crippen LogP contribution in [0.25, 0.3) is 0 Å². The van der Waals surface area contributed by atoms with E-state index in [1.165, 1.54) is 21.6 Å². The number of ether oxygens (including phenoxy) is 3. The molecule has 2 unspecified atom stereocenters. The maximum absolute atomic E-state index is 13.6. The van der Waals surface area contributed by atoms with Crippen LogP contribution in [0.4, 0.5) is 4.39 Å². The number of rotatable bonds is 6. The second kappa shape index (κ2) is 8.08. The lowest BCUT2D eigenvalue weighted by atomic mass is 9.66. The van der Waals surface area contributed by atoms with E-state index in [0.29, 0.717) is 6.61 Å². The SMILES string of the molecule is Fc1ccc(C2(CCNCc3scc4c3COC4)CCOC3(CCOC3)C2)cc1. The predicted octanol–water partition coefficient (Wildman–Crippen LogP) is 4.30. The lowest BCUT2D eigenvalue weighted by molar-refractivity contribution is -0.108. The fourth-order valence-electron chi connectivity index (χ4n) is 5.17. The Balaban J connectivity index is 1.30. The molecule has 3 aliphatic heterocycles. The minimum Gasteiger partial charge on any atom is -0.378 e. The summed E-state index contributed by atoms with van der Waals surface area (Å²) in [6.45, 7) is 5.47. The molecule has 0 aliphatic carbocycles. The molecule has 5 rings (SSSR count). The molecule has 0 bridgehead atoms. The number of hydrogen-bond acceptors (Lipinski definition) is 5. The summed E-state index contributed by atoms with van der Waals surface area (Å²) in [6, 6.07) is 7.11. The summed E-state index contributed by atoms with van der Waals surface area (Å²) in [5, 5.41) is 5.88. The first-order chi connectivity index (χ1) is 14.2. The van der Waals surface area contributed by atoms with Gasteiger partial charge in [-0.05, 0) is 60.0 Å². The van der Waals surface area contributed by atoms with Crippen molar-refractivity contribution in [3.8, 4) is 0 Å². The van der Waals surface area contributed by atoms with E-state index in [2.05, 4.69) is 10.7 Å². The van der Waals surface area contributed by atoms with E-state index in [1.807, 2.05) is 23.5 Å². The van der Waals surface area contributed by atoms with Crippen LogP contribution in [0.1, 0.15) is 47.3 Å². The van der Waals surface area contributed by atoms with Gasteiger partial charge in [-0.1, -0.05) is 12.1 Å². The van der Waals surface area contributed by atoms with E-state index in [4.69, 9.17) is 14.2 Å². The van der Waals surface area contributed by atoms with Crippen molar-refractivity contribution in [1.29, 1.82) is 0 Å². The van der Waals surface area contributed by atoms with Gasteiger partial charge in [0.05, 0.1) is 25.4 Å². The normalized spacial score (nSPS) is 28.9. The molecular weight excluding hydrogens is 389 g/mol. The molecule has 2 fully saturated rings. The van der Waals surface area contributed by atoms with Crippen molar-refractivity contribution in [2.75, 3.05) is 26.4 Å². The second-order valence-electron chi connectivity index (χ2n) is 8.63. The molecule has 1 aromatic carbocycles. The van der Waals surface area contributed by atoms with E-state index in [0.717, 1.165) is 65.2 Å². The van der Waals surface area contributed by atoms with Crippen LogP contribution in [-0.4, -0.2) is 32.0 Å². The summed E-state index contributed by atoms with van der Waals surface area (Å²) in [5.41, 5.74) is 3.76. The fourth-order valence-corrected chi connectivity index (χ4v) is 6.18. The highest BCUT2D eigenvalue weighted by Gasteiger charge is 2.48. The van der Waals surface area contributed by atoms with Crippen molar-refractivity contribution in [3.05, 3.63) is 57.0 Å². The minimum absolute atomic E-state index is 0.00679. The average Bonchev–Trinajstić information content (AvgIpc) is 3.45. The first-order valence-electron chi connectivity index (χ1n) is 10.5. The molecule has 2 aromatic rings. The lowest BCUT2D eigenvalue weighted by Gasteiger charge is -2.46. The van der Waals surface area contributed by atoms with Gasteiger partial charge < -0.3 is 19.5 Å². The van der Waals surface area contributed by atoms with Crippen LogP contribution in [-0.2, 0) is 39.4 Å². The predicted molar refractivity (Wildman–Crippen MR) is 111 cm³/mol. The van der Waals surface area contributed by atoms with Crippen molar-refractivity contribution < 1.29 is 18.6 Å². The van der Waals surface area contributed by atoms with Crippen molar-refractivity contribution in [2.45, 2.75) is 56.5 Å². The Bertz CT molecular complexity index is 846.